The van der Waals surface area contributed by atoms with E-state index in [1.54, 1.807) is 4.68 Å². The predicted molar refractivity (Wildman–Crippen MR) is 84.5 cm³/mol. The number of aromatic nitrogens is 2. The van der Waals surface area contributed by atoms with Crippen LogP contribution in [0.3, 0.4) is 0 Å². The second-order valence-electron chi connectivity index (χ2n) is 5.76. The van der Waals surface area contributed by atoms with Crippen molar-refractivity contribution >= 4 is 5.91 Å². The van der Waals surface area contributed by atoms with Gasteiger partial charge in [0, 0.05) is 24.8 Å². The van der Waals surface area contributed by atoms with E-state index in [0.29, 0.717) is 11.8 Å². The average Bonchev–Trinajstić information content (AvgIpc) is 3.17. The summed E-state index contributed by atoms with van der Waals surface area (Å²) in [4.78, 5) is 11.8. The lowest BCUT2D eigenvalue weighted by atomic mass is 10.1. The molecule has 1 aromatic heterocycles. The van der Waals surface area contributed by atoms with Gasteiger partial charge in [-0.1, -0.05) is 25.0 Å². The summed E-state index contributed by atoms with van der Waals surface area (Å²) in [5.74, 6) is 0.664. The molecular formula is C17H21N3O2. The van der Waals surface area contributed by atoms with Crippen LogP contribution in [0.5, 0.6) is 5.75 Å². The summed E-state index contributed by atoms with van der Waals surface area (Å²) >= 11 is 0. The predicted octanol–water partition coefficient (Wildman–Crippen LogP) is 2.52. The van der Waals surface area contributed by atoms with Crippen LogP contribution in [-0.4, -0.2) is 28.3 Å². The molecule has 5 heteroatoms. The Hall–Kier alpha value is -2.30. The second-order valence-corrected chi connectivity index (χ2v) is 5.76. The summed E-state index contributed by atoms with van der Waals surface area (Å²) in [6.07, 6.45) is 8.39. The molecule has 0 radical (unpaired) electrons. The molecule has 0 atom stereocenters. The first-order valence-electron chi connectivity index (χ1n) is 7.72. The van der Waals surface area contributed by atoms with Crippen molar-refractivity contribution in [3.63, 3.8) is 0 Å². The van der Waals surface area contributed by atoms with Gasteiger partial charge in [-0.3, -0.25) is 9.48 Å². The average molecular weight is 299 g/mol. The Morgan fingerprint density at radius 3 is 2.64 bits per heavy atom. The van der Waals surface area contributed by atoms with Gasteiger partial charge in [-0.05, 0) is 30.5 Å². The Morgan fingerprint density at radius 1 is 1.27 bits per heavy atom. The molecule has 1 amide bonds. The van der Waals surface area contributed by atoms with Crippen LogP contribution >= 0.6 is 0 Å². The maximum atomic E-state index is 11.8. The van der Waals surface area contributed by atoms with Crippen LogP contribution in [0.25, 0.3) is 11.1 Å². The zero-order valence-corrected chi connectivity index (χ0v) is 12.8. The van der Waals surface area contributed by atoms with Gasteiger partial charge >= 0.3 is 0 Å². The van der Waals surface area contributed by atoms with Crippen LogP contribution in [-0.2, 0) is 11.8 Å². The normalized spacial score (nSPS) is 15.0. The van der Waals surface area contributed by atoms with Crippen LogP contribution in [0.1, 0.15) is 25.7 Å². The quantitative estimate of drug-likeness (QED) is 0.923. The van der Waals surface area contributed by atoms with E-state index in [0.717, 1.165) is 24.0 Å². The fraction of sp³-hybridized carbons (Fsp3) is 0.412. The molecule has 0 aliphatic heterocycles. The maximum Gasteiger partial charge on any atom is 0.258 e. The number of nitrogens with zero attached hydrogens (tertiary/aromatic N) is 2. The first-order chi connectivity index (χ1) is 10.7. The van der Waals surface area contributed by atoms with Crippen molar-refractivity contribution in [2.45, 2.75) is 31.7 Å². The molecule has 2 aromatic rings. The number of nitrogens with one attached hydrogen (secondary N) is 1. The van der Waals surface area contributed by atoms with Crippen molar-refractivity contribution in [2.24, 2.45) is 7.05 Å². The lowest BCUT2D eigenvalue weighted by Crippen LogP contribution is -2.36. The largest absolute Gasteiger partial charge is 0.484 e. The highest BCUT2D eigenvalue weighted by molar-refractivity contribution is 5.77. The van der Waals surface area contributed by atoms with Gasteiger partial charge in [0.15, 0.2) is 6.61 Å². The van der Waals surface area contributed by atoms with Crippen molar-refractivity contribution in [2.75, 3.05) is 6.61 Å². The van der Waals surface area contributed by atoms with Crippen molar-refractivity contribution in [1.82, 2.24) is 15.1 Å². The van der Waals surface area contributed by atoms with E-state index >= 15 is 0 Å². The summed E-state index contributed by atoms with van der Waals surface area (Å²) in [6, 6.07) is 8.04. The van der Waals surface area contributed by atoms with Gasteiger partial charge in [-0.2, -0.15) is 5.10 Å². The molecule has 0 spiro atoms. The second kappa shape index (κ2) is 6.64. The van der Waals surface area contributed by atoms with Crippen LogP contribution in [0, 0.1) is 0 Å². The summed E-state index contributed by atoms with van der Waals surface area (Å²) < 4.78 is 7.31. The molecule has 0 unspecified atom stereocenters. The third-order valence-electron chi connectivity index (χ3n) is 3.98. The third kappa shape index (κ3) is 3.67. The number of hydrogen-bond acceptors (Lipinski definition) is 3. The summed E-state index contributed by atoms with van der Waals surface area (Å²) in [6.45, 7) is 0.0722. The smallest absolute Gasteiger partial charge is 0.258 e. The number of hydrogen-bond donors (Lipinski definition) is 1. The molecular weight excluding hydrogens is 278 g/mol. The standard InChI is InChI=1S/C17H21N3O2/c1-20-11-14(10-18-20)13-6-8-16(9-7-13)22-12-17(21)19-15-4-2-3-5-15/h6-11,15H,2-5,12H2,1H3,(H,19,21). The first-order valence-corrected chi connectivity index (χ1v) is 7.72. The lowest BCUT2D eigenvalue weighted by Gasteiger charge is -2.12. The highest BCUT2D eigenvalue weighted by Crippen LogP contribution is 2.22. The molecule has 3 rings (SSSR count). The molecule has 1 heterocycles. The zero-order valence-electron chi connectivity index (χ0n) is 12.8. The fourth-order valence-corrected chi connectivity index (χ4v) is 2.80. The minimum Gasteiger partial charge on any atom is -0.484 e. The minimum absolute atomic E-state index is 0.0387. The summed E-state index contributed by atoms with van der Waals surface area (Å²) in [5.41, 5.74) is 2.14. The first kappa shape index (κ1) is 14.6. The van der Waals surface area contributed by atoms with Crippen LogP contribution < -0.4 is 10.1 Å². The fourth-order valence-electron chi connectivity index (χ4n) is 2.80. The van der Waals surface area contributed by atoms with E-state index in [2.05, 4.69) is 10.4 Å². The number of carbonyl (C=O) groups is 1. The van der Waals surface area contributed by atoms with Crippen LogP contribution in [0.15, 0.2) is 36.7 Å². The molecule has 1 fully saturated rings. The molecule has 0 bridgehead atoms. The Bertz CT molecular complexity index is 628. The van der Waals surface area contributed by atoms with Gasteiger partial charge in [0.2, 0.25) is 0 Å². The number of ether oxygens (including phenoxy) is 1. The maximum absolute atomic E-state index is 11.8. The SMILES string of the molecule is Cn1cc(-c2ccc(OCC(=O)NC3CCCC3)cc2)cn1. The summed E-state index contributed by atoms with van der Waals surface area (Å²) in [7, 11) is 1.89. The summed E-state index contributed by atoms with van der Waals surface area (Å²) in [5, 5.41) is 7.17. The van der Waals surface area contributed by atoms with Crippen LogP contribution in [0.2, 0.25) is 0 Å². The molecule has 0 saturated heterocycles. The number of benzene rings is 1. The molecule has 1 N–H and O–H groups in total. The Morgan fingerprint density at radius 2 is 2.00 bits per heavy atom. The molecule has 1 aliphatic rings. The topological polar surface area (TPSA) is 56.1 Å². The number of aryl methyl sites for hydroxylation is 1. The Balaban J connectivity index is 1.51. The molecule has 116 valence electrons. The Labute approximate surface area is 130 Å². The highest BCUT2D eigenvalue weighted by Gasteiger charge is 2.17. The number of amides is 1. The van der Waals surface area contributed by atoms with E-state index in [9.17, 15) is 4.79 Å². The minimum atomic E-state index is -0.0387. The molecule has 1 aliphatic carbocycles. The van der Waals surface area contributed by atoms with E-state index in [1.807, 2.05) is 43.7 Å². The van der Waals surface area contributed by atoms with Gasteiger partial charge in [0.25, 0.3) is 5.91 Å². The van der Waals surface area contributed by atoms with Gasteiger partial charge in [0.05, 0.1) is 6.20 Å². The van der Waals surface area contributed by atoms with E-state index in [-0.39, 0.29) is 12.5 Å². The molecule has 1 aromatic carbocycles. The Kier molecular flexibility index (Phi) is 4.42. The number of rotatable bonds is 5. The van der Waals surface area contributed by atoms with Crippen molar-refractivity contribution in [1.29, 1.82) is 0 Å². The van der Waals surface area contributed by atoms with Crippen LogP contribution in [0.4, 0.5) is 0 Å². The van der Waals surface area contributed by atoms with E-state index < -0.39 is 0 Å². The molecule has 5 nitrogen and oxygen atoms in total. The van der Waals surface area contributed by atoms with E-state index in [1.165, 1.54) is 12.8 Å². The monoisotopic (exact) mass is 299 g/mol. The van der Waals surface area contributed by atoms with Gasteiger partial charge in [-0.25, -0.2) is 0 Å². The third-order valence-corrected chi connectivity index (χ3v) is 3.98. The van der Waals surface area contributed by atoms with Crippen molar-refractivity contribution in [3.05, 3.63) is 36.7 Å². The van der Waals surface area contributed by atoms with Gasteiger partial charge in [-0.15, -0.1) is 0 Å². The zero-order chi connectivity index (χ0) is 15.4. The molecule has 22 heavy (non-hydrogen) atoms. The van der Waals surface area contributed by atoms with E-state index in [4.69, 9.17) is 4.74 Å². The molecule has 1 saturated carbocycles. The van der Waals surface area contributed by atoms with Crippen molar-refractivity contribution in [3.8, 4) is 16.9 Å². The van der Waals surface area contributed by atoms with Crippen molar-refractivity contribution < 1.29 is 9.53 Å². The van der Waals surface area contributed by atoms with Gasteiger partial charge < -0.3 is 10.1 Å². The highest BCUT2D eigenvalue weighted by atomic mass is 16.5. The lowest BCUT2D eigenvalue weighted by molar-refractivity contribution is -0.123. The number of carbonyl (C=O) groups excluding carboxylic acids is 1. The van der Waals surface area contributed by atoms with Gasteiger partial charge in [0.1, 0.15) is 5.75 Å².